The van der Waals surface area contributed by atoms with Gasteiger partial charge in [0.25, 0.3) is 5.91 Å². The molecule has 8 nitrogen and oxygen atoms in total. The molecule has 0 saturated carbocycles. The van der Waals surface area contributed by atoms with Gasteiger partial charge < -0.3 is 19.7 Å². The van der Waals surface area contributed by atoms with E-state index in [0.29, 0.717) is 25.5 Å². The molecule has 2 aliphatic heterocycles. The van der Waals surface area contributed by atoms with Crippen LogP contribution >= 0.6 is 0 Å². The topological polar surface area (TPSA) is 97.0 Å². The Morgan fingerprint density at radius 2 is 1.84 bits per heavy atom. The Hall–Kier alpha value is -2.46. The second-order valence-corrected chi connectivity index (χ2v) is 9.38. The van der Waals surface area contributed by atoms with E-state index in [0.717, 1.165) is 31.6 Å². The van der Waals surface area contributed by atoms with Crippen LogP contribution in [0, 0.1) is 0 Å². The number of ether oxygens (including phenoxy) is 2. The smallest absolute Gasteiger partial charge is 0.255 e. The van der Waals surface area contributed by atoms with Crippen molar-refractivity contribution in [3.05, 3.63) is 54.1 Å². The number of amides is 1. The van der Waals surface area contributed by atoms with Crippen LogP contribution in [0.1, 0.15) is 23.2 Å². The second kappa shape index (κ2) is 9.78. The fraction of sp³-hybridized carbons (Fsp3) is 0.409. The Kier molecular flexibility index (Phi) is 6.86. The number of anilines is 2. The van der Waals surface area contributed by atoms with E-state index in [9.17, 15) is 13.2 Å². The van der Waals surface area contributed by atoms with Crippen molar-refractivity contribution in [3.63, 3.8) is 0 Å². The van der Waals surface area contributed by atoms with Crippen LogP contribution in [0.5, 0.6) is 0 Å². The summed E-state index contributed by atoms with van der Waals surface area (Å²) < 4.78 is 38.6. The zero-order valence-electron chi connectivity index (χ0n) is 17.2. The molecule has 0 spiro atoms. The number of nitrogens with one attached hydrogen (secondary N) is 2. The van der Waals surface area contributed by atoms with Gasteiger partial charge in [-0.1, -0.05) is 6.07 Å². The molecule has 2 aromatic rings. The first-order valence-corrected chi connectivity index (χ1v) is 11.9. The maximum atomic E-state index is 12.7. The Balaban J connectivity index is 1.39. The number of hydrogen-bond donors (Lipinski definition) is 2. The number of carbonyl (C=O) groups excluding carboxylic acids is 1. The van der Waals surface area contributed by atoms with Crippen molar-refractivity contribution in [1.29, 1.82) is 0 Å². The summed E-state index contributed by atoms with van der Waals surface area (Å²) in [6, 6.07) is 13.6. The lowest BCUT2D eigenvalue weighted by atomic mass is 10.2. The summed E-state index contributed by atoms with van der Waals surface area (Å²) in [6.07, 6.45) is 1.69. The molecule has 2 aromatic carbocycles. The highest BCUT2D eigenvalue weighted by atomic mass is 32.2. The predicted molar refractivity (Wildman–Crippen MR) is 118 cm³/mol. The molecule has 2 aliphatic rings. The van der Waals surface area contributed by atoms with Crippen LogP contribution < -0.4 is 14.9 Å². The van der Waals surface area contributed by atoms with Crippen molar-refractivity contribution in [3.8, 4) is 0 Å². The summed E-state index contributed by atoms with van der Waals surface area (Å²) in [5, 5.41) is 2.83. The maximum absolute atomic E-state index is 12.7. The van der Waals surface area contributed by atoms with Gasteiger partial charge in [-0.15, -0.1) is 0 Å². The number of nitrogens with zero attached hydrogens (tertiary/aromatic N) is 1. The average Bonchev–Trinajstić information content (AvgIpc) is 3.33. The molecule has 0 bridgehead atoms. The fourth-order valence-electron chi connectivity index (χ4n) is 3.68. The van der Waals surface area contributed by atoms with Gasteiger partial charge in [0.15, 0.2) is 0 Å². The molecule has 2 heterocycles. The zero-order chi connectivity index (χ0) is 21.7. The van der Waals surface area contributed by atoms with E-state index in [1.807, 2.05) is 24.3 Å². The van der Waals surface area contributed by atoms with E-state index in [1.165, 1.54) is 12.1 Å². The standard InChI is InChI=1S/C22H27N3O5S/c26-22(24-18-6-8-19(9-7-18)25-10-13-29-14-11-25)17-3-1-5-21(15-17)31(27,28)23-16-20-4-2-12-30-20/h1,3,5-9,15,20,23H,2,4,10-14,16H2,(H,24,26). The number of rotatable bonds is 7. The summed E-state index contributed by atoms with van der Waals surface area (Å²) in [5.41, 5.74) is 2.00. The van der Waals surface area contributed by atoms with Crippen LogP contribution in [0.25, 0.3) is 0 Å². The second-order valence-electron chi connectivity index (χ2n) is 7.62. The monoisotopic (exact) mass is 445 g/mol. The number of sulfonamides is 1. The lowest BCUT2D eigenvalue weighted by Crippen LogP contribution is -2.36. The van der Waals surface area contributed by atoms with Gasteiger partial charge in [-0.25, -0.2) is 13.1 Å². The molecule has 166 valence electrons. The number of carbonyl (C=O) groups is 1. The quantitative estimate of drug-likeness (QED) is 0.679. The van der Waals surface area contributed by atoms with Gasteiger partial charge in [-0.05, 0) is 55.3 Å². The zero-order valence-corrected chi connectivity index (χ0v) is 18.1. The summed E-state index contributed by atoms with van der Waals surface area (Å²) >= 11 is 0. The summed E-state index contributed by atoms with van der Waals surface area (Å²) in [7, 11) is -3.72. The van der Waals surface area contributed by atoms with Gasteiger partial charge in [-0.2, -0.15) is 0 Å². The molecule has 4 rings (SSSR count). The van der Waals surface area contributed by atoms with Gasteiger partial charge >= 0.3 is 0 Å². The lowest BCUT2D eigenvalue weighted by molar-refractivity contribution is 0.102. The van der Waals surface area contributed by atoms with E-state index < -0.39 is 10.0 Å². The first-order valence-electron chi connectivity index (χ1n) is 10.5. The summed E-state index contributed by atoms with van der Waals surface area (Å²) in [5.74, 6) is -0.365. The predicted octanol–water partition coefficient (Wildman–Crippen LogP) is 2.23. The molecule has 2 N–H and O–H groups in total. The molecule has 31 heavy (non-hydrogen) atoms. The van der Waals surface area contributed by atoms with Crippen LogP contribution in [-0.2, 0) is 19.5 Å². The molecule has 0 aromatic heterocycles. The molecular weight excluding hydrogens is 418 g/mol. The Bertz CT molecular complexity index is 998. The molecule has 2 saturated heterocycles. The van der Waals surface area contributed by atoms with Crippen molar-refractivity contribution in [2.45, 2.75) is 23.8 Å². The van der Waals surface area contributed by atoms with Crippen molar-refractivity contribution < 1.29 is 22.7 Å². The summed E-state index contributed by atoms with van der Waals surface area (Å²) in [4.78, 5) is 15.0. The van der Waals surface area contributed by atoms with Gasteiger partial charge in [0.2, 0.25) is 10.0 Å². The summed E-state index contributed by atoms with van der Waals surface area (Å²) in [6.45, 7) is 3.99. The van der Waals surface area contributed by atoms with Crippen LogP contribution in [-0.4, -0.2) is 59.9 Å². The third kappa shape index (κ3) is 5.62. The third-order valence-corrected chi connectivity index (χ3v) is 6.85. The minimum Gasteiger partial charge on any atom is -0.378 e. The van der Waals surface area contributed by atoms with Gasteiger partial charge in [0, 0.05) is 43.2 Å². The normalized spacial score (nSPS) is 19.4. The molecule has 1 amide bonds. The van der Waals surface area contributed by atoms with Gasteiger partial charge in [0.05, 0.1) is 24.2 Å². The Labute approximate surface area is 182 Å². The molecule has 2 fully saturated rings. The van der Waals surface area contributed by atoms with Crippen molar-refractivity contribution in [2.75, 3.05) is 49.7 Å². The molecule has 9 heteroatoms. The van der Waals surface area contributed by atoms with E-state index in [4.69, 9.17) is 9.47 Å². The van der Waals surface area contributed by atoms with E-state index >= 15 is 0 Å². The molecule has 1 unspecified atom stereocenters. The van der Waals surface area contributed by atoms with E-state index in [2.05, 4.69) is 14.9 Å². The lowest BCUT2D eigenvalue weighted by Gasteiger charge is -2.28. The van der Waals surface area contributed by atoms with Gasteiger partial charge in [-0.3, -0.25) is 4.79 Å². The van der Waals surface area contributed by atoms with Crippen LogP contribution in [0.4, 0.5) is 11.4 Å². The molecule has 1 atom stereocenters. The Morgan fingerprint density at radius 1 is 1.06 bits per heavy atom. The average molecular weight is 446 g/mol. The first-order chi connectivity index (χ1) is 15.0. The van der Waals surface area contributed by atoms with E-state index in [-0.39, 0.29) is 29.0 Å². The van der Waals surface area contributed by atoms with E-state index in [1.54, 1.807) is 12.1 Å². The van der Waals surface area contributed by atoms with Crippen LogP contribution in [0.2, 0.25) is 0 Å². The molecule has 0 radical (unpaired) electrons. The number of benzene rings is 2. The highest BCUT2D eigenvalue weighted by Crippen LogP contribution is 2.20. The van der Waals surface area contributed by atoms with Crippen LogP contribution in [0.15, 0.2) is 53.4 Å². The highest BCUT2D eigenvalue weighted by molar-refractivity contribution is 7.89. The van der Waals surface area contributed by atoms with Crippen molar-refractivity contribution in [2.24, 2.45) is 0 Å². The third-order valence-electron chi connectivity index (χ3n) is 5.43. The number of morpholine rings is 1. The maximum Gasteiger partial charge on any atom is 0.255 e. The fourth-order valence-corrected chi connectivity index (χ4v) is 4.79. The minimum atomic E-state index is -3.72. The first kappa shape index (κ1) is 21.8. The number of hydrogen-bond acceptors (Lipinski definition) is 6. The highest BCUT2D eigenvalue weighted by Gasteiger charge is 2.21. The largest absolute Gasteiger partial charge is 0.378 e. The molecular formula is C22H27N3O5S. The minimum absolute atomic E-state index is 0.0563. The SMILES string of the molecule is O=C(Nc1ccc(N2CCOCC2)cc1)c1cccc(S(=O)(=O)NCC2CCCO2)c1. The Morgan fingerprint density at radius 3 is 2.55 bits per heavy atom. The van der Waals surface area contributed by atoms with Crippen molar-refractivity contribution >= 4 is 27.3 Å². The van der Waals surface area contributed by atoms with Crippen molar-refractivity contribution in [1.82, 2.24) is 4.72 Å². The van der Waals surface area contributed by atoms with Crippen LogP contribution in [0.3, 0.4) is 0 Å². The molecule has 0 aliphatic carbocycles. The van der Waals surface area contributed by atoms with Gasteiger partial charge in [0.1, 0.15) is 0 Å².